The number of nitrogens with two attached hydrogens (primary N) is 1. The molecular formula is C14H13ClFN3O2. The molecule has 2 aromatic rings. The van der Waals surface area contributed by atoms with Gasteiger partial charge >= 0.3 is 0 Å². The van der Waals surface area contributed by atoms with E-state index in [2.05, 4.69) is 5.32 Å². The molecule has 0 saturated heterocycles. The van der Waals surface area contributed by atoms with Crippen molar-refractivity contribution in [1.29, 1.82) is 0 Å². The molecule has 5 nitrogen and oxygen atoms in total. The van der Waals surface area contributed by atoms with Gasteiger partial charge in [0.1, 0.15) is 11.5 Å². The van der Waals surface area contributed by atoms with Gasteiger partial charge in [0.05, 0.1) is 16.0 Å². The molecule has 0 radical (unpaired) electrons. The van der Waals surface area contributed by atoms with Gasteiger partial charge in [0.25, 0.3) is 5.69 Å². The molecule has 110 valence electrons. The standard InChI is InChI=1S/C14H13ClFN3O2/c15-11-7-13(14(19(20)21)8-12(11)16)18-6-5-9-1-3-10(17)4-2-9/h1-4,7-8,18H,5-6,17H2. The van der Waals surface area contributed by atoms with E-state index in [1.54, 1.807) is 12.1 Å². The molecule has 0 saturated carbocycles. The third-order valence-corrected chi connectivity index (χ3v) is 3.23. The predicted octanol–water partition coefficient (Wildman–Crippen LogP) is 3.62. The minimum Gasteiger partial charge on any atom is -0.399 e. The Morgan fingerprint density at radius 3 is 2.57 bits per heavy atom. The molecule has 2 rings (SSSR count). The van der Waals surface area contributed by atoms with Crippen LogP contribution in [0.5, 0.6) is 0 Å². The maximum Gasteiger partial charge on any atom is 0.295 e. The van der Waals surface area contributed by atoms with Crippen molar-refractivity contribution in [2.24, 2.45) is 0 Å². The van der Waals surface area contributed by atoms with E-state index in [0.717, 1.165) is 11.6 Å². The SMILES string of the molecule is Nc1ccc(CCNc2cc(Cl)c(F)cc2[N+](=O)[O-])cc1. The molecule has 2 aromatic carbocycles. The van der Waals surface area contributed by atoms with Gasteiger partial charge in [-0.05, 0) is 30.2 Å². The van der Waals surface area contributed by atoms with Crippen LogP contribution < -0.4 is 11.1 Å². The van der Waals surface area contributed by atoms with Gasteiger partial charge in [-0.25, -0.2) is 4.39 Å². The molecule has 0 atom stereocenters. The van der Waals surface area contributed by atoms with Crippen molar-refractivity contribution in [3.8, 4) is 0 Å². The van der Waals surface area contributed by atoms with Gasteiger partial charge in [0.15, 0.2) is 0 Å². The van der Waals surface area contributed by atoms with Crippen molar-refractivity contribution in [2.75, 3.05) is 17.6 Å². The van der Waals surface area contributed by atoms with Crippen LogP contribution in [0.2, 0.25) is 5.02 Å². The summed E-state index contributed by atoms with van der Waals surface area (Å²) in [5, 5.41) is 13.6. The number of nitrogen functional groups attached to an aromatic ring is 1. The fraction of sp³-hybridized carbons (Fsp3) is 0.143. The first-order chi connectivity index (χ1) is 9.97. The van der Waals surface area contributed by atoms with Crippen LogP contribution in [-0.4, -0.2) is 11.5 Å². The molecule has 0 aromatic heterocycles. The van der Waals surface area contributed by atoms with Crippen LogP contribution >= 0.6 is 11.6 Å². The van der Waals surface area contributed by atoms with E-state index in [1.807, 2.05) is 12.1 Å². The number of rotatable bonds is 5. The van der Waals surface area contributed by atoms with Gasteiger partial charge in [-0.1, -0.05) is 23.7 Å². The second-order valence-corrected chi connectivity index (χ2v) is 4.87. The highest BCUT2D eigenvalue weighted by atomic mass is 35.5. The summed E-state index contributed by atoms with van der Waals surface area (Å²) in [5.74, 6) is -0.813. The quantitative estimate of drug-likeness (QED) is 0.502. The van der Waals surface area contributed by atoms with Gasteiger partial charge in [-0.15, -0.1) is 0 Å². The Kier molecular flexibility index (Phi) is 4.59. The number of halogens is 2. The molecule has 0 bridgehead atoms. The van der Waals surface area contributed by atoms with Gasteiger partial charge in [-0.2, -0.15) is 0 Å². The molecular weight excluding hydrogens is 297 g/mol. The minimum atomic E-state index is -0.813. The van der Waals surface area contributed by atoms with Crippen LogP contribution in [-0.2, 0) is 6.42 Å². The van der Waals surface area contributed by atoms with Gasteiger partial charge in [0, 0.05) is 12.2 Å². The number of anilines is 2. The summed E-state index contributed by atoms with van der Waals surface area (Å²) in [6.07, 6.45) is 0.645. The van der Waals surface area contributed by atoms with Crippen molar-refractivity contribution >= 4 is 28.7 Å². The molecule has 0 fully saturated rings. The third kappa shape index (κ3) is 3.82. The van der Waals surface area contributed by atoms with E-state index in [0.29, 0.717) is 18.7 Å². The maximum absolute atomic E-state index is 13.3. The van der Waals surface area contributed by atoms with Gasteiger partial charge in [0.2, 0.25) is 0 Å². The van der Waals surface area contributed by atoms with E-state index in [1.165, 1.54) is 6.07 Å². The second kappa shape index (κ2) is 6.41. The maximum atomic E-state index is 13.3. The van der Waals surface area contributed by atoms with Gasteiger partial charge < -0.3 is 11.1 Å². The second-order valence-electron chi connectivity index (χ2n) is 4.46. The van der Waals surface area contributed by atoms with E-state index < -0.39 is 10.7 Å². The smallest absolute Gasteiger partial charge is 0.295 e. The number of nitro benzene ring substituents is 1. The van der Waals surface area contributed by atoms with Crippen molar-refractivity contribution in [3.05, 3.63) is 62.9 Å². The third-order valence-electron chi connectivity index (χ3n) is 2.94. The number of nitrogens with zero attached hydrogens (tertiary/aromatic N) is 1. The first kappa shape index (κ1) is 15.1. The Morgan fingerprint density at radius 1 is 1.29 bits per heavy atom. The first-order valence-electron chi connectivity index (χ1n) is 6.19. The fourth-order valence-corrected chi connectivity index (χ4v) is 2.02. The fourth-order valence-electron chi connectivity index (χ4n) is 1.85. The van der Waals surface area contributed by atoms with E-state index >= 15 is 0 Å². The van der Waals surface area contributed by atoms with E-state index in [-0.39, 0.29) is 16.4 Å². The van der Waals surface area contributed by atoms with Crippen LogP contribution in [0.25, 0.3) is 0 Å². The number of hydrogen-bond donors (Lipinski definition) is 2. The number of nitrogens with one attached hydrogen (secondary N) is 1. The van der Waals surface area contributed by atoms with Crippen LogP contribution in [0.1, 0.15) is 5.56 Å². The molecule has 0 unspecified atom stereocenters. The van der Waals surface area contributed by atoms with E-state index in [9.17, 15) is 14.5 Å². The molecule has 0 aliphatic rings. The predicted molar refractivity (Wildman–Crippen MR) is 81.1 cm³/mol. The topological polar surface area (TPSA) is 81.2 Å². The summed E-state index contributed by atoms with van der Waals surface area (Å²) in [4.78, 5) is 10.2. The number of hydrogen-bond acceptors (Lipinski definition) is 4. The van der Waals surface area contributed by atoms with Crippen LogP contribution in [0.3, 0.4) is 0 Å². The Morgan fingerprint density at radius 2 is 1.95 bits per heavy atom. The molecule has 21 heavy (non-hydrogen) atoms. The van der Waals surface area contributed by atoms with Crippen molar-refractivity contribution in [1.82, 2.24) is 0 Å². The summed E-state index contributed by atoms with van der Waals surface area (Å²) in [6.45, 7) is 0.451. The Labute approximate surface area is 125 Å². The Bertz CT molecular complexity index is 662. The molecule has 0 amide bonds. The summed E-state index contributed by atoms with van der Waals surface area (Å²) in [5.41, 5.74) is 7.16. The van der Waals surface area contributed by atoms with Crippen LogP contribution in [0.15, 0.2) is 36.4 Å². The lowest BCUT2D eigenvalue weighted by atomic mass is 10.1. The number of benzene rings is 2. The zero-order chi connectivity index (χ0) is 15.4. The highest BCUT2D eigenvalue weighted by Gasteiger charge is 2.17. The molecule has 3 N–H and O–H groups in total. The van der Waals surface area contributed by atoms with Crippen LogP contribution in [0, 0.1) is 15.9 Å². The lowest BCUT2D eigenvalue weighted by molar-refractivity contribution is -0.384. The molecule has 0 aliphatic carbocycles. The largest absolute Gasteiger partial charge is 0.399 e. The first-order valence-corrected chi connectivity index (χ1v) is 6.57. The highest BCUT2D eigenvalue weighted by molar-refractivity contribution is 6.31. The lowest BCUT2D eigenvalue weighted by Gasteiger charge is -2.08. The zero-order valence-electron chi connectivity index (χ0n) is 11.0. The Hall–Kier alpha value is -2.34. The lowest BCUT2D eigenvalue weighted by Crippen LogP contribution is -2.07. The monoisotopic (exact) mass is 309 g/mol. The molecule has 7 heteroatoms. The van der Waals surface area contributed by atoms with Crippen molar-refractivity contribution in [3.63, 3.8) is 0 Å². The summed E-state index contributed by atoms with van der Waals surface area (Å²) in [6, 6.07) is 9.36. The highest BCUT2D eigenvalue weighted by Crippen LogP contribution is 2.30. The Balaban J connectivity index is 2.07. The average Bonchev–Trinajstić information content (AvgIpc) is 2.44. The molecule has 0 aliphatic heterocycles. The average molecular weight is 310 g/mol. The zero-order valence-corrected chi connectivity index (χ0v) is 11.7. The minimum absolute atomic E-state index is 0.157. The summed E-state index contributed by atoms with van der Waals surface area (Å²) < 4.78 is 13.3. The van der Waals surface area contributed by atoms with Gasteiger partial charge in [-0.3, -0.25) is 10.1 Å². The summed E-state index contributed by atoms with van der Waals surface area (Å²) in [7, 11) is 0. The molecule has 0 heterocycles. The van der Waals surface area contributed by atoms with Crippen LogP contribution in [0.4, 0.5) is 21.5 Å². The number of nitro groups is 1. The summed E-state index contributed by atoms with van der Waals surface area (Å²) >= 11 is 5.65. The van der Waals surface area contributed by atoms with Crippen molar-refractivity contribution < 1.29 is 9.31 Å². The van der Waals surface area contributed by atoms with E-state index in [4.69, 9.17) is 17.3 Å². The normalized spacial score (nSPS) is 10.4. The van der Waals surface area contributed by atoms with Crippen molar-refractivity contribution in [2.45, 2.75) is 6.42 Å². The molecule has 0 spiro atoms.